The Labute approximate surface area is 151 Å². The van der Waals surface area contributed by atoms with E-state index in [0.717, 1.165) is 45.7 Å². The van der Waals surface area contributed by atoms with Crippen LogP contribution >= 0.6 is 0 Å². The van der Waals surface area contributed by atoms with E-state index < -0.39 is 5.97 Å². The summed E-state index contributed by atoms with van der Waals surface area (Å²) in [6.45, 7) is 12.3. The molecule has 2 saturated heterocycles. The number of carbonyl (C=O) groups is 2. The molecule has 144 valence electrons. The van der Waals surface area contributed by atoms with Crippen LogP contribution in [0.4, 0.5) is 0 Å². The third-order valence-corrected chi connectivity index (χ3v) is 5.42. The zero-order valence-electron chi connectivity index (χ0n) is 16.0. The number of likely N-dealkylation sites (tertiary alicyclic amines) is 1. The van der Waals surface area contributed by atoms with Gasteiger partial charge in [0.25, 0.3) is 0 Å². The van der Waals surface area contributed by atoms with Gasteiger partial charge in [0.1, 0.15) is 13.1 Å². The molecule has 25 heavy (non-hydrogen) atoms. The van der Waals surface area contributed by atoms with E-state index >= 15 is 0 Å². The molecule has 0 bridgehead atoms. The number of hydrogen-bond acceptors (Lipinski definition) is 4. The second-order valence-electron chi connectivity index (χ2n) is 8.86. The molecule has 2 fully saturated rings. The summed E-state index contributed by atoms with van der Waals surface area (Å²) >= 11 is 0. The molecule has 6 heteroatoms. The summed E-state index contributed by atoms with van der Waals surface area (Å²) in [7, 11) is 0. The van der Waals surface area contributed by atoms with Crippen molar-refractivity contribution in [3.63, 3.8) is 0 Å². The summed E-state index contributed by atoms with van der Waals surface area (Å²) in [6, 6.07) is 0. The molecular formula is C19H34N2O4. The molecule has 0 saturated carbocycles. The van der Waals surface area contributed by atoms with E-state index in [-0.39, 0.29) is 29.6 Å². The third-order valence-electron chi connectivity index (χ3n) is 5.42. The average molecular weight is 354 g/mol. The maximum absolute atomic E-state index is 12.6. The van der Waals surface area contributed by atoms with Crippen molar-refractivity contribution < 1.29 is 24.3 Å². The van der Waals surface area contributed by atoms with Crippen molar-refractivity contribution in [2.24, 2.45) is 17.3 Å². The lowest BCUT2D eigenvalue weighted by atomic mass is 9.80. The number of nitrogens with one attached hydrogen (secondary N) is 1. The van der Waals surface area contributed by atoms with Gasteiger partial charge in [-0.1, -0.05) is 20.8 Å². The average Bonchev–Trinajstić information content (AvgIpc) is 2.52. The number of morpholine rings is 1. The first kappa shape index (κ1) is 20.2. The summed E-state index contributed by atoms with van der Waals surface area (Å²) in [5.74, 6) is -0.388. The molecular weight excluding hydrogens is 320 g/mol. The fraction of sp³-hybridized carbons (Fsp3) is 0.895. The SMILES string of the molecule is CC(C)(C)CC(=O)N1CC[C@@H](CC(=O)[O-])[C@@H](CC[NH+]2CCOCC2)C1. The Morgan fingerprint density at radius 1 is 1.20 bits per heavy atom. The van der Waals surface area contributed by atoms with Crippen LogP contribution in [-0.2, 0) is 14.3 Å². The number of ether oxygens (including phenoxy) is 1. The highest BCUT2D eigenvalue weighted by Crippen LogP contribution is 2.30. The summed E-state index contributed by atoms with van der Waals surface area (Å²) in [6.07, 6.45) is 2.39. The Morgan fingerprint density at radius 3 is 2.48 bits per heavy atom. The first-order chi connectivity index (χ1) is 11.7. The van der Waals surface area contributed by atoms with Gasteiger partial charge in [-0.25, -0.2) is 0 Å². The van der Waals surface area contributed by atoms with Gasteiger partial charge in [0, 0.05) is 31.9 Å². The summed E-state index contributed by atoms with van der Waals surface area (Å²) < 4.78 is 5.40. The molecule has 2 aliphatic rings. The number of nitrogens with zero attached hydrogens (tertiary/aromatic N) is 1. The van der Waals surface area contributed by atoms with Crippen molar-refractivity contribution in [1.82, 2.24) is 4.90 Å². The number of carboxylic acids is 1. The van der Waals surface area contributed by atoms with Crippen LogP contribution in [0.5, 0.6) is 0 Å². The first-order valence-corrected chi connectivity index (χ1v) is 9.63. The number of carboxylic acid groups (broad SMARTS) is 1. The molecule has 6 nitrogen and oxygen atoms in total. The number of piperidine rings is 1. The highest BCUT2D eigenvalue weighted by atomic mass is 16.5. The zero-order chi connectivity index (χ0) is 18.4. The number of amides is 1. The van der Waals surface area contributed by atoms with Gasteiger partial charge in [-0.05, 0) is 30.1 Å². The number of rotatable bonds is 6. The van der Waals surface area contributed by atoms with Gasteiger partial charge in [-0.15, -0.1) is 0 Å². The second-order valence-corrected chi connectivity index (χ2v) is 8.86. The van der Waals surface area contributed by atoms with Crippen LogP contribution in [0.15, 0.2) is 0 Å². The normalized spacial score (nSPS) is 25.8. The minimum absolute atomic E-state index is 0.0215. The van der Waals surface area contributed by atoms with E-state index in [9.17, 15) is 14.7 Å². The molecule has 1 amide bonds. The van der Waals surface area contributed by atoms with Crippen LogP contribution in [0.2, 0.25) is 0 Å². The Morgan fingerprint density at radius 2 is 1.88 bits per heavy atom. The van der Waals surface area contributed by atoms with Crippen molar-refractivity contribution in [3.8, 4) is 0 Å². The monoisotopic (exact) mass is 354 g/mol. The summed E-state index contributed by atoms with van der Waals surface area (Å²) in [5, 5.41) is 11.1. The summed E-state index contributed by atoms with van der Waals surface area (Å²) in [5.41, 5.74) is -0.0215. The van der Waals surface area contributed by atoms with Crippen molar-refractivity contribution >= 4 is 11.9 Å². The molecule has 0 radical (unpaired) electrons. The van der Waals surface area contributed by atoms with Crippen molar-refractivity contribution in [2.75, 3.05) is 45.9 Å². The molecule has 0 aromatic rings. The van der Waals surface area contributed by atoms with Gasteiger partial charge in [0.15, 0.2) is 0 Å². The Balaban J connectivity index is 1.93. The van der Waals surface area contributed by atoms with Gasteiger partial charge < -0.3 is 24.4 Å². The minimum atomic E-state index is -0.969. The first-order valence-electron chi connectivity index (χ1n) is 9.63. The largest absolute Gasteiger partial charge is 0.550 e. The van der Waals surface area contributed by atoms with Gasteiger partial charge in [0.05, 0.1) is 19.8 Å². The molecule has 1 N–H and O–H groups in total. The van der Waals surface area contributed by atoms with Crippen LogP contribution in [0.25, 0.3) is 0 Å². The minimum Gasteiger partial charge on any atom is -0.550 e. The van der Waals surface area contributed by atoms with E-state index in [1.54, 1.807) is 0 Å². The van der Waals surface area contributed by atoms with Gasteiger partial charge >= 0.3 is 0 Å². The lowest BCUT2D eigenvalue weighted by Crippen LogP contribution is -3.14. The number of hydrogen-bond donors (Lipinski definition) is 1. The highest BCUT2D eigenvalue weighted by molar-refractivity contribution is 5.77. The molecule has 2 aliphatic heterocycles. The molecule has 0 unspecified atom stereocenters. The fourth-order valence-electron chi connectivity index (χ4n) is 3.98. The molecule has 0 spiro atoms. The Bertz CT molecular complexity index is 455. The molecule has 0 aromatic heterocycles. The van der Waals surface area contributed by atoms with Gasteiger partial charge in [-0.2, -0.15) is 0 Å². The highest BCUT2D eigenvalue weighted by Gasteiger charge is 2.33. The molecule has 2 rings (SSSR count). The fourth-order valence-corrected chi connectivity index (χ4v) is 3.98. The van der Waals surface area contributed by atoms with Crippen LogP contribution in [0.1, 0.15) is 46.5 Å². The molecule has 0 aliphatic carbocycles. The third kappa shape index (κ3) is 6.94. The predicted molar refractivity (Wildman–Crippen MR) is 92.9 cm³/mol. The lowest BCUT2D eigenvalue weighted by Gasteiger charge is -2.40. The van der Waals surface area contributed by atoms with E-state index in [4.69, 9.17) is 4.74 Å². The lowest BCUT2D eigenvalue weighted by molar-refractivity contribution is -0.908. The maximum atomic E-state index is 12.6. The molecule has 2 atom stereocenters. The van der Waals surface area contributed by atoms with Crippen LogP contribution in [0.3, 0.4) is 0 Å². The van der Waals surface area contributed by atoms with Crippen molar-refractivity contribution in [1.29, 1.82) is 0 Å². The number of carbonyl (C=O) groups excluding carboxylic acids is 2. The zero-order valence-corrected chi connectivity index (χ0v) is 16.0. The standard InChI is InChI=1S/C19H34N2O4/c1-19(2,3)13-17(22)21-7-5-15(12-18(23)24)16(14-21)4-6-20-8-10-25-11-9-20/h15-16H,4-14H2,1-3H3,(H,23,24)/t15-,16-/m0/s1. The van der Waals surface area contributed by atoms with Gasteiger partial charge in [-0.3, -0.25) is 4.79 Å². The Hall–Kier alpha value is -1.14. The maximum Gasteiger partial charge on any atom is 0.223 e. The number of quaternary nitrogens is 1. The molecule has 0 aromatic carbocycles. The molecule has 2 heterocycles. The summed E-state index contributed by atoms with van der Waals surface area (Å²) in [4.78, 5) is 27.2. The van der Waals surface area contributed by atoms with E-state index in [1.165, 1.54) is 4.90 Å². The topological polar surface area (TPSA) is 74.1 Å². The van der Waals surface area contributed by atoms with Crippen molar-refractivity contribution in [3.05, 3.63) is 0 Å². The van der Waals surface area contributed by atoms with Gasteiger partial charge in [0.2, 0.25) is 5.91 Å². The van der Waals surface area contributed by atoms with Crippen molar-refractivity contribution in [2.45, 2.75) is 46.5 Å². The Kier molecular flexibility index (Phi) is 7.25. The second kappa shape index (κ2) is 8.99. The number of aliphatic carboxylic acids is 1. The van der Waals surface area contributed by atoms with Crippen LogP contribution in [-0.4, -0.2) is 62.7 Å². The predicted octanol–water partition coefficient (Wildman–Crippen LogP) is -0.667. The van der Waals surface area contributed by atoms with Crippen LogP contribution in [0, 0.1) is 17.3 Å². The van der Waals surface area contributed by atoms with E-state index in [2.05, 4.69) is 20.8 Å². The van der Waals surface area contributed by atoms with E-state index in [0.29, 0.717) is 19.5 Å². The smallest absolute Gasteiger partial charge is 0.223 e. The quantitative estimate of drug-likeness (QED) is 0.687. The van der Waals surface area contributed by atoms with Crippen LogP contribution < -0.4 is 10.0 Å². The van der Waals surface area contributed by atoms with E-state index in [1.807, 2.05) is 4.90 Å².